The summed E-state index contributed by atoms with van der Waals surface area (Å²) in [4.78, 5) is 42.6. The molecule has 0 aliphatic heterocycles. The third-order valence-electron chi connectivity index (χ3n) is 5.64. The van der Waals surface area contributed by atoms with Gasteiger partial charge in [-0.05, 0) is 65.4 Å². The lowest BCUT2D eigenvalue weighted by molar-refractivity contribution is 0.0939. The molecule has 0 saturated carbocycles. The number of amides is 3. The van der Waals surface area contributed by atoms with Crippen LogP contribution in [0.5, 0.6) is 0 Å². The van der Waals surface area contributed by atoms with Gasteiger partial charge < -0.3 is 20.9 Å². The molecule has 37 heavy (non-hydrogen) atoms. The fourth-order valence-corrected chi connectivity index (χ4v) is 5.25. The molecule has 0 spiro atoms. The number of fused-ring (bicyclic) bond motifs is 1. The number of nitrogens with one attached hydrogen (secondary N) is 5. The summed E-state index contributed by atoms with van der Waals surface area (Å²) < 4.78 is -0.600. The second-order valence-electron chi connectivity index (χ2n) is 8.29. The van der Waals surface area contributed by atoms with Crippen molar-refractivity contribution in [3.63, 3.8) is 0 Å². The van der Waals surface area contributed by atoms with Gasteiger partial charge in [0, 0.05) is 6.20 Å². The number of hydrogen-bond donors (Lipinski definition) is 5. The van der Waals surface area contributed by atoms with E-state index in [0.717, 1.165) is 5.56 Å². The van der Waals surface area contributed by atoms with Gasteiger partial charge in [0.1, 0.15) is 14.1 Å². The first kappa shape index (κ1) is 24.7. The maximum atomic E-state index is 13.1. The number of rotatable bonds is 7. The SMILES string of the molecule is C[C@@](I)(NC(=O)c1cc2c(NC(=O)c3ccccc3NC(=O)c3ccc[nH]3)n[nH]c2s1)c1ccccc1. The summed E-state index contributed by atoms with van der Waals surface area (Å²) in [7, 11) is 0. The first-order valence-electron chi connectivity index (χ1n) is 11.2. The highest BCUT2D eigenvalue weighted by Crippen LogP contribution is 2.32. The van der Waals surface area contributed by atoms with Crippen molar-refractivity contribution in [3.05, 3.63) is 101 Å². The Hall–Kier alpha value is -3.97. The predicted molar refractivity (Wildman–Crippen MR) is 152 cm³/mol. The molecule has 3 aromatic heterocycles. The maximum absolute atomic E-state index is 13.1. The van der Waals surface area contributed by atoms with E-state index in [2.05, 4.69) is 53.7 Å². The summed E-state index contributed by atoms with van der Waals surface area (Å²) in [5.74, 6) is -0.748. The van der Waals surface area contributed by atoms with Gasteiger partial charge in [-0.2, -0.15) is 5.10 Å². The van der Waals surface area contributed by atoms with Crippen molar-refractivity contribution in [1.82, 2.24) is 20.5 Å². The molecule has 186 valence electrons. The molecule has 11 heteroatoms. The van der Waals surface area contributed by atoms with Crippen LogP contribution in [0.3, 0.4) is 0 Å². The number of aromatic amines is 2. The third-order valence-corrected chi connectivity index (χ3v) is 7.57. The number of anilines is 2. The molecule has 3 heterocycles. The summed E-state index contributed by atoms with van der Waals surface area (Å²) in [6.07, 6.45) is 1.65. The number of carbonyl (C=O) groups is 3. The van der Waals surface area contributed by atoms with Crippen molar-refractivity contribution in [2.45, 2.75) is 10.5 Å². The molecule has 0 fully saturated rings. The van der Waals surface area contributed by atoms with Crippen LogP contribution in [0.15, 0.2) is 79.0 Å². The van der Waals surface area contributed by atoms with Gasteiger partial charge in [-0.25, -0.2) is 0 Å². The van der Waals surface area contributed by atoms with Crippen molar-refractivity contribution in [2.24, 2.45) is 0 Å². The van der Waals surface area contributed by atoms with E-state index >= 15 is 0 Å². The predicted octanol–water partition coefficient (Wildman–Crippen LogP) is 5.49. The highest BCUT2D eigenvalue weighted by molar-refractivity contribution is 14.1. The van der Waals surface area contributed by atoms with Crippen LogP contribution in [0, 0.1) is 0 Å². The van der Waals surface area contributed by atoms with Crippen LogP contribution < -0.4 is 16.0 Å². The molecule has 0 bridgehead atoms. The molecule has 5 N–H and O–H groups in total. The minimum absolute atomic E-state index is 0.231. The summed E-state index contributed by atoms with van der Waals surface area (Å²) in [6, 6.07) is 21.5. The molecule has 0 unspecified atom stereocenters. The number of H-pyrrole nitrogens is 2. The fourth-order valence-electron chi connectivity index (χ4n) is 3.75. The number of aromatic nitrogens is 3. The summed E-state index contributed by atoms with van der Waals surface area (Å²) in [5, 5.41) is 16.3. The summed E-state index contributed by atoms with van der Waals surface area (Å²) >= 11 is 3.46. The van der Waals surface area contributed by atoms with E-state index in [1.807, 2.05) is 37.3 Å². The second kappa shape index (κ2) is 10.2. The summed E-state index contributed by atoms with van der Waals surface area (Å²) in [6.45, 7) is 1.93. The number of para-hydroxylation sites is 1. The van der Waals surface area contributed by atoms with Crippen LogP contribution in [-0.4, -0.2) is 32.9 Å². The molecule has 2 aromatic carbocycles. The monoisotopic (exact) mass is 624 g/mol. The quantitative estimate of drug-likeness (QED) is 0.0931. The minimum atomic E-state index is -0.600. The Morgan fingerprint density at radius 3 is 2.43 bits per heavy atom. The highest BCUT2D eigenvalue weighted by Gasteiger charge is 2.27. The normalized spacial score (nSPS) is 12.6. The van der Waals surface area contributed by atoms with Gasteiger partial charge in [-0.1, -0.05) is 42.5 Å². The Bertz CT molecular complexity index is 1590. The number of alkyl halides is 1. The molecular formula is C26H21IN6O3S. The molecular weight excluding hydrogens is 603 g/mol. The number of benzene rings is 2. The lowest BCUT2D eigenvalue weighted by Crippen LogP contribution is -2.38. The van der Waals surface area contributed by atoms with Crippen LogP contribution >= 0.6 is 33.9 Å². The van der Waals surface area contributed by atoms with Crippen molar-refractivity contribution >= 4 is 73.4 Å². The summed E-state index contributed by atoms with van der Waals surface area (Å²) in [5.41, 5.74) is 1.99. The van der Waals surface area contributed by atoms with E-state index in [-0.39, 0.29) is 17.4 Å². The minimum Gasteiger partial charge on any atom is -0.357 e. The molecule has 3 amide bonds. The average molecular weight is 624 g/mol. The highest BCUT2D eigenvalue weighted by atomic mass is 127. The number of carbonyl (C=O) groups excluding carboxylic acids is 3. The van der Waals surface area contributed by atoms with E-state index in [9.17, 15) is 14.4 Å². The molecule has 0 aliphatic rings. The third kappa shape index (κ3) is 5.27. The number of halogens is 1. The molecule has 0 radical (unpaired) electrons. The van der Waals surface area contributed by atoms with Gasteiger partial charge in [-0.15, -0.1) is 11.3 Å². The van der Waals surface area contributed by atoms with Gasteiger partial charge >= 0.3 is 0 Å². The zero-order valence-electron chi connectivity index (χ0n) is 19.5. The average Bonchev–Trinajstić information content (AvgIpc) is 3.64. The Morgan fingerprint density at radius 1 is 0.919 bits per heavy atom. The van der Waals surface area contributed by atoms with Crippen molar-refractivity contribution in [2.75, 3.05) is 10.6 Å². The lowest BCUT2D eigenvalue weighted by Gasteiger charge is -2.24. The Kier molecular flexibility index (Phi) is 6.80. The van der Waals surface area contributed by atoms with Crippen LogP contribution in [0.1, 0.15) is 43.0 Å². The largest absolute Gasteiger partial charge is 0.357 e. The van der Waals surface area contributed by atoms with Gasteiger partial charge in [0.05, 0.1) is 21.5 Å². The maximum Gasteiger partial charge on any atom is 0.272 e. The molecule has 5 aromatic rings. The Morgan fingerprint density at radius 2 is 1.68 bits per heavy atom. The fraction of sp³-hybridized carbons (Fsp3) is 0.0769. The first-order chi connectivity index (χ1) is 17.8. The Labute approximate surface area is 229 Å². The number of nitrogens with zero attached hydrogens (tertiary/aromatic N) is 1. The van der Waals surface area contributed by atoms with Crippen LogP contribution in [0.4, 0.5) is 11.5 Å². The zero-order valence-corrected chi connectivity index (χ0v) is 22.4. The molecule has 0 aliphatic carbocycles. The van der Waals surface area contributed by atoms with Crippen molar-refractivity contribution < 1.29 is 14.4 Å². The van der Waals surface area contributed by atoms with E-state index in [4.69, 9.17) is 0 Å². The molecule has 0 saturated heterocycles. The smallest absolute Gasteiger partial charge is 0.272 e. The van der Waals surface area contributed by atoms with Crippen LogP contribution in [0.2, 0.25) is 0 Å². The number of thiophene rings is 1. The van der Waals surface area contributed by atoms with Gasteiger partial charge in [-0.3, -0.25) is 19.5 Å². The van der Waals surface area contributed by atoms with Gasteiger partial charge in [0.15, 0.2) is 5.82 Å². The first-order valence-corrected chi connectivity index (χ1v) is 13.1. The standard InChI is InChI=1S/C26H21IN6O3S/c1-26(27,15-8-3-2-4-9-15)31-24(36)20-14-17-21(32-33-25(17)37-20)30-22(34)16-10-5-6-11-18(16)29-23(35)19-12-7-13-28-19/h2-14,28H,1H3,(H,29,35)(H,31,36)(H2,30,32,33,34)/t26-/m1/s1. The molecule has 1 atom stereocenters. The van der Waals surface area contributed by atoms with Crippen molar-refractivity contribution in [1.29, 1.82) is 0 Å². The van der Waals surface area contributed by atoms with E-state index in [0.29, 0.717) is 32.3 Å². The van der Waals surface area contributed by atoms with Crippen LogP contribution in [0.25, 0.3) is 10.2 Å². The van der Waals surface area contributed by atoms with Crippen molar-refractivity contribution in [3.8, 4) is 0 Å². The van der Waals surface area contributed by atoms with Gasteiger partial charge in [0.2, 0.25) is 0 Å². The Balaban J connectivity index is 1.33. The van der Waals surface area contributed by atoms with E-state index in [1.165, 1.54) is 11.3 Å². The molecule has 5 rings (SSSR count). The topological polar surface area (TPSA) is 132 Å². The molecule has 9 nitrogen and oxygen atoms in total. The van der Waals surface area contributed by atoms with E-state index in [1.54, 1.807) is 48.7 Å². The lowest BCUT2D eigenvalue weighted by atomic mass is 10.1. The second-order valence-corrected chi connectivity index (χ2v) is 11.5. The number of hydrogen-bond acceptors (Lipinski definition) is 5. The van der Waals surface area contributed by atoms with E-state index < -0.39 is 9.45 Å². The van der Waals surface area contributed by atoms with Gasteiger partial charge in [0.25, 0.3) is 17.7 Å². The zero-order chi connectivity index (χ0) is 26.0. The van der Waals surface area contributed by atoms with Crippen LogP contribution in [-0.2, 0) is 3.55 Å².